The van der Waals surface area contributed by atoms with E-state index in [9.17, 15) is 12.8 Å². The number of nitrogens with one attached hydrogen (secondary N) is 1. The van der Waals surface area contributed by atoms with Crippen LogP contribution in [0, 0.1) is 11.3 Å². The van der Waals surface area contributed by atoms with Gasteiger partial charge in [-0.25, -0.2) is 17.5 Å². The Balaban J connectivity index is 2.11. The number of hydrogen-bond acceptors (Lipinski definition) is 3. The summed E-state index contributed by atoms with van der Waals surface area (Å²) in [7, 11) is -3.45. The monoisotopic (exact) mass is 374 g/mol. The zero-order valence-corrected chi connectivity index (χ0v) is 15.8. The predicted octanol–water partition coefficient (Wildman–Crippen LogP) is 3.93. The standard InChI is InChI=1S/C20H23FN2O2S/c1-3-14-26(24,25)23-15-20(2,21)19-10-8-18(9-11-19)17-6-4-16(5-7-17)12-13-22/h4-11,23H,3,12,14-15H2,1-2H3. The zero-order valence-electron chi connectivity index (χ0n) is 15.0. The van der Waals surface area contributed by atoms with Crippen molar-refractivity contribution >= 4 is 10.0 Å². The van der Waals surface area contributed by atoms with Gasteiger partial charge in [-0.2, -0.15) is 5.26 Å². The molecule has 0 heterocycles. The van der Waals surface area contributed by atoms with Crippen molar-refractivity contribution in [1.29, 1.82) is 5.26 Å². The molecule has 6 heteroatoms. The van der Waals surface area contributed by atoms with Gasteiger partial charge in [-0.1, -0.05) is 55.5 Å². The van der Waals surface area contributed by atoms with Gasteiger partial charge in [-0.3, -0.25) is 0 Å². The molecule has 2 rings (SSSR count). The average Bonchev–Trinajstić information content (AvgIpc) is 2.61. The van der Waals surface area contributed by atoms with Crippen LogP contribution in [0.2, 0.25) is 0 Å². The normalized spacial score (nSPS) is 13.8. The first kappa shape index (κ1) is 20.1. The molecule has 1 atom stereocenters. The van der Waals surface area contributed by atoms with Crippen molar-refractivity contribution in [3.63, 3.8) is 0 Å². The summed E-state index contributed by atoms with van der Waals surface area (Å²) in [6.07, 6.45) is 0.855. The van der Waals surface area contributed by atoms with Gasteiger partial charge in [0.25, 0.3) is 0 Å². The quantitative estimate of drug-likeness (QED) is 0.761. The first-order valence-electron chi connectivity index (χ1n) is 8.50. The number of alkyl halides is 1. The van der Waals surface area contributed by atoms with Gasteiger partial charge in [0.1, 0.15) is 5.67 Å². The largest absolute Gasteiger partial charge is 0.238 e. The molecule has 1 N–H and O–H groups in total. The highest BCUT2D eigenvalue weighted by Gasteiger charge is 2.27. The van der Waals surface area contributed by atoms with Crippen LogP contribution in [0.15, 0.2) is 48.5 Å². The molecule has 2 aromatic rings. The summed E-state index contributed by atoms with van der Waals surface area (Å²) in [5.74, 6) is -0.0101. The van der Waals surface area contributed by atoms with Crippen molar-refractivity contribution in [1.82, 2.24) is 4.72 Å². The first-order valence-corrected chi connectivity index (χ1v) is 10.2. The van der Waals surface area contributed by atoms with E-state index in [4.69, 9.17) is 5.26 Å². The molecule has 138 valence electrons. The highest BCUT2D eigenvalue weighted by Crippen LogP contribution is 2.28. The van der Waals surface area contributed by atoms with E-state index in [0.717, 1.165) is 16.7 Å². The molecular weight excluding hydrogens is 351 g/mol. The smallest absolute Gasteiger partial charge is 0.211 e. The summed E-state index contributed by atoms with van der Waals surface area (Å²) in [5.41, 5.74) is 1.47. The van der Waals surface area contributed by atoms with Crippen LogP contribution >= 0.6 is 0 Å². The fraction of sp³-hybridized carbons (Fsp3) is 0.350. The molecular formula is C20H23FN2O2S. The maximum Gasteiger partial charge on any atom is 0.211 e. The molecule has 0 aromatic heterocycles. The van der Waals surface area contributed by atoms with Gasteiger partial charge in [0.15, 0.2) is 0 Å². The van der Waals surface area contributed by atoms with E-state index in [1.807, 2.05) is 36.4 Å². The third kappa shape index (κ3) is 5.38. The molecule has 0 aliphatic heterocycles. The van der Waals surface area contributed by atoms with Crippen molar-refractivity contribution in [2.45, 2.75) is 32.4 Å². The van der Waals surface area contributed by atoms with Crippen molar-refractivity contribution in [2.24, 2.45) is 0 Å². The summed E-state index contributed by atoms with van der Waals surface area (Å²) in [4.78, 5) is 0. The number of nitriles is 1. The Morgan fingerprint density at radius 3 is 2.12 bits per heavy atom. The number of sulfonamides is 1. The number of halogens is 1. The second-order valence-corrected chi connectivity index (χ2v) is 8.37. The predicted molar refractivity (Wildman–Crippen MR) is 102 cm³/mol. The Bertz CT molecular complexity index is 868. The first-order chi connectivity index (χ1) is 12.3. The molecule has 0 saturated heterocycles. The minimum absolute atomic E-state index is 0.0101. The van der Waals surface area contributed by atoms with Crippen LogP contribution in [0.5, 0.6) is 0 Å². The number of hydrogen-bond donors (Lipinski definition) is 1. The molecule has 0 amide bonds. The van der Waals surface area contributed by atoms with Crippen LogP contribution in [0.1, 0.15) is 31.4 Å². The van der Waals surface area contributed by atoms with Gasteiger partial charge < -0.3 is 0 Å². The summed E-state index contributed by atoms with van der Waals surface area (Å²) in [6, 6.07) is 16.7. The third-order valence-corrected chi connectivity index (χ3v) is 5.68. The Morgan fingerprint density at radius 1 is 1.08 bits per heavy atom. The van der Waals surface area contributed by atoms with Crippen molar-refractivity contribution in [3.8, 4) is 17.2 Å². The van der Waals surface area contributed by atoms with E-state index in [-0.39, 0.29) is 12.3 Å². The Labute approximate surface area is 154 Å². The Kier molecular flexibility index (Phi) is 6.52. The highest BCUT2D eigenvalue weighted by molar-refractivity contribution is 7.89. The molecule has 0 bridgehead atoms. The van der Waals surface area contributed by atoms with E-state index in [0.29, 0.717) is 18.4 Å². The van der Waals surface area contributed by atoms with Crippen LogP contribution < -0.4 is 4.72 Å². The molecule has 0 spiro atoms. The van der Waals surface area contributed by atoms with E-state index >= 15 is 0 Å². The SMILES string of the molecule is CCCS(=O)(=O)NCC(C)(F)c1ccc(-c2ccc(CC#N)cc2)cc1. The Morgan fingerprint density at radius 2 is 1.62 bits per heavy atom. The van der Waals surface area contributed by atoms with Crippen molar-refractivity contribution in [3.05, 3.63) is 59.7 Å². The van der Waals surface area contributed by atoms with Crippen LogP contribution in [0.3, 0.4) is 0 Å². The maximum atomic E-state index is 14.9. The van der Waals surface area contributed by atoms with Gasteiger partial charge in [0.2, 0.25) is 10.0 Å². The maximum absolute atomic E-state index is 14.9. The van der Waals surface area contributed by atoms with Crippen LogP contribution in [-0.4, -0.2) is 20.7 Å². The van der Waals surface area contributed by atoms with Gasteiger partial charge in [0, 0.05) is 6.54 Å². The van der Waals surface area contributed by atoms with Crippen molar-refractivity contribution in [2.75, 3.05) is 12.3 Å². The summed E-state index contributed by atoms with van der Waals surface area (Å²) in [6.45, 7) is 2.84. The van der Waals surface area contributed by atoms with Gasteiger partial charge in [-0.05, 0) is 35.6 Å². The number of rotatable bonds is 8. The minimum Gasteiger partial charge on any atom is -0.238 e. The summed E-state index contributed by atoms with van der Waals surface area (Å²) in [5, 5.41) is 8.71. The zero-order chi connectivity index (χ0) is 19.2. The Hall–Kier alpha value is -2.23. The fourth-order valence-corrected chi connectivity index (χ4v) is 3.78. The van der Waals surface area contributed by atoms with Crippen LogP contribution in [-0.2, 0) is 22.1 Å². The van der Waals surface area contributed by atoms with Gasteiger partial charge in [0.05, 0.1) is 18.2 Å². The molecule has 0 aliphatic rings. The van der Waals surface area contributed by atoms with Crippen LogP contribution in [0.25, 0.3) is 11.1 Å². The second kappa shape index (κ2) is 8.43. The lowest BCUT2D eigenvalue weighted by Gasteiger charge is -2.21. The highest BCUT2D eigenvalue weighted by atomic mass is 32.2. The molecule has 1 unspecified atom stereocenters. The number of benzene rings is 2. The molecule has 26 heavy (non-hydrogen) atoms. The van der Waals surface area contributed by atoms with E-state index in [2.05, 4.69) is 10.8 Å². The van der Waals surface area contributed by atoms with Crippen molar-refractivity contribution < 1.29 is 12.8 Å². The van der Waals surface area contributed by atoms with E-state index in [1.165, 1.54) is 6.92 Å². The third-order valence-electron chi connectivity index (χ3n) is 4.15. The van der Waals surface area contributed by atoms with E-state index in [1.54, 1.807) is 19.1 Å². The van der Waals surface area contributed by atoms with Crippen LogP contribution in [0.4, 0.5) is 4.39 Å². The molecule has 0 aliphatic carbocycles. The molecule has 2 aromatic carbocycles. The fourth-order valence-electron chi connectivity index (χ4n) is 2.60. The molecule has 0 radical (unpaired) electrons. The average molecular weight is 374 g/mol. The second-order valence-electron chi connectivity index (χ2n) is 6.45. The lowest BCUT2D eigenvalue weighted by atomic mass is 9.95. The molecule has 0 fully saturated rings. The molecule has 0 saturated carbocycles. The topological polar surface area (TPSA) is 70.0 Å². The van der Waals surface area contributed by atoms with Gasteiger partial charge >= 0.3 is 0 Å². The minimum atomic E-state index is -3.45. The summed E-state index contributed by atoms with van der Waals surface area (Å²) < 4.78 is 40.7. The molecule has 4 nitrogen and oxygen atoms in total. The lowest BCUT2D eigenvalue weighted by molar-refractivity contribution is 0.196. The van der Waals surface area contributed by atoms with E-state index < -0.39 is 15.7 Å². The van der Waals surface area contributed by atoms with Gasteiger partial charge in [-0.15, -0.1) is 0 Å². The number of nitrogens with zero attached hydrogens (tertiary/aromatic N) is 1. The lowest BCUT2D eigenvalue weighted by Crippen LogP contribution is -2.36. The summed E-state index contributed by atoms with van der Waals surface area (Å²) >= 11 is 0.